The van der Waals surface area contributed by atoms with E-state index in [4.69, 9.17) is 0 Å². The Bertz CT molecular complexity index is 2040. The minimum absolute atomic E-state index is 0. The Hall–Kier alpha value is -3.17. The van der Waals surface area contributed by atoms with Crippen LogP contribution in [0.15, 0.2) is 115 Å². The van der Waals surface area contributed by atoms with E-state index in [-0.39, 0.29) is 35.6 Å². The first-order valence-corrected chi connectivity index (χ1v) is 18.3. The van der Waals surface area contributed by atoms with E-state index in [0.29, 0.717) is 5.56 Å². The Labute approximate surface area is 335 Å². The molecule has 6 aromatic carbocycles. The smallest absolute Gasteiger partial charge is 0.172 e. The summed E-state index contributed by atoms with van der Waals surface area (Å²) < 4.78 is 39.6. The van der Waals surface area contributed by atoms with Crippen LogP contribution in [0, 0.1) is 19.9 Å². The molecule has 0 unspecified atom stereocenters. The van der Waals surface area contributed by atoms with Crippen molar-refractivity contribution in [2.45, 2.75) is 78.8 Å². The van der Waals surface area contributed by atoms with Gasteiger partial charge in [-0.15, -0.1) is 16.7 Å². The monoisotopic (exact) mass is 814 g/mol. The minimum Gasteiger partial charge on any atom is -1.00 e. The van der Waals surface area contributed by atoms with E-state index in [0.717, 1.165) is 56.3 Å². The van der Waals surface area contributed by atoms with Crippen LogP contribution >= 0.6 is 0 Å². The maximum atomic E-state index is 12.9. The van der Waals surface area contributed by atoms with Crippen LogP contribution in [-0.2, 0) is 47.7 Å². The molecule has 7 rings (SSSR count). The van der Waals surface area contributed by atoms with Crippen LogP contribution in [0.1, 0.15) is 91.6 Å². The first-order chi connectivity index (χ1) is 23.4. The molecule has 0 aliphatic heterocycles. The van der Waals surface area contributed by atoms with Crippen molar-refractivity contribution in [2.75, 3.05) is 0 Å². The van der Waals surface area contributed by atoms with Crippen molar-refractivity contribution in [3.63, 3.8) is 0 Å². The Kier molecular flexibility index (Phi) is 14.4. The molecule has 0 heterocycles. The van der Waals surface area contributed by atoms with E-state index < -0.39 is 11.7 Å². The van der Waals surface area contributed by atoms with E-state index in [1.165, 1.54) is 56.6 Å². The molecule has 52 heavy (non-hydrogen) atoms. The molecule has 0 saturated heterocycles. The summed E-state index contributed by atoms with van der Waals surface area (Å²) >= 11 is 1.09. The molecular weight excluding hydrogens is 772 g/mol. The predicted octanol–water partition coefficient (Wildman–Crippen LogP) is 6.66. The first kappa shape index (κ1) is 43.2. The van der Waals surface area contributed by atoms with Crippen LogP contribution < -0.4 is 24.8 Å². The molecule has 0 nitrogen and oxygen atoms in total. The molecule has 6 heteroatoms. The van der Waals surface area contributed by atoms with Crippen LogP contribution in [0.4, 0.5) is 13.2 Å². The van der Waals surface area contributed by atoms with Gasteiger partial charge in [0, 0.05) is 0 Å². The van der Waals surface area contributed by atoms with Gasteiger partial charge in [-0.05, 0) is 35.4 Å². The third-order valence-electron chi connectivity index (χ3n) is 9.17. The number of hydrogen-bond acceptors (Lipinski definition) is 0. The van der Waals surface area contributed by atoms with Gasteiger partial charge < -0.3 is 24.8 Å². The van der Waals surface area contributed by atoms with Gasteiger partial charge in [-0.2, -0.15) is 35.9 Å². The number of rotatable bonds is 2. The molecule has 0 bridgehead atoms. The van der Waals surface area contributed by atoms with Gasteiger partial charge in [0.15, 0.2) is 0 Å². The molecule has 0 N–H and O–H groups in total. The van der Waals surface area contributed by atoms with Crippen LogP contribution in [0.5, 0.6) is 0 Å². The second-order valence-corrected chi connectivity index (χ2v) is 16.4. The van der Waals surface area contributed by atoms with Crippen molar-refractivity contribution in [3.05, 3.63) is 171 Å². The first-order valence-electron chi connectivity index (χ1n) is 17.1. The summed E-state index contributed by atoms with van der Waals surface area (Å²) in [4.78, 5) is 0. The van der Waals surface area contributed by atoms with Crippen molar-refractivity contribution >= 4 is 14.0 Å². The second-order valence-electron chi connectivity index (χ2n) is 15.1. The number of fused-ring (bicyclic) bond motifs is 4. The second kappa shape index (κ2) is 17.3. The molecule has 0 spiro atoms. The van der Waals surface area contributed by atoms with Crippen molar-refractivity contribution in [1.29, 1.82) is 0 Å². The molecular formula is C46H45Cl2F3Zr-2. The van der Waals surface area contributed by atoms with Crippen LogP contribution in [-0.4, -0.2) is 3.21 Å². The van der Waals surface area contributed by atoms with Crippen LogP contribution in [0.3, 0.4) is 0 Å². The normalized spacial score (nSPS) is 11.9. The summed E-state index contributed by atoms with van der Waals surface area (Å²) in [6.45, 7) is 18.2. The molecule has 6 aromatic rings. The van der Waals surface area contributed by atoms with Crippen LogP contribution in [0.2, 0.25) is 0 Å². The number of aryl methyl sites for hydroxylation is 2. The summed E-state index contributed by atoms with van der Waals surface area (Å²) in [7, 11) is 0. The van der Waals surface area contributed by atoms with E-state index in [1.54, 1.807) is 6.07 Å². The SMILES string of the molecule is Cc1[c-]c2c(cc1C(C)(C)C)-c1cc(C(C)(C)C)c(C)cc1C2.FC(F)(F)c1cccc([C](=[Zr+2])c2cccc3ccccc23)c1.[Cl-].[Cl-].c1cc[cH-]c1. The van der Waals surface area contributed by atoms with Gasteiger partial charge in [-0.25, -0.2) is 12.1 Å². The van der Waals surface area contributed by atoms with Gasteiger partial charge in [0.25, 0.3) is 0 Å². The Morgan fingerprint density at radius 3 is 1.88 bits per heavy atom. The van der Waals surface area contributed by atoms with Crippen molar-refractivity contribution < 1.29 is 62.2 Å². The fraction of sp³-hybridized carbons (Fsp3) is 0.261. The van der Waals surface area contributed by atoms with E-state index in [9.17, 15) is 13.2 Å². The molecule has 0 atom stereocenters. The summed E-state index contributed by atoms with van der Waals surface area (Å²) in [6, 6.07) is 40.3. The zero-order chi connectivity index (χ0) is 36.4. The Balaban J connectivity index is 0.000000239. The molecule has 0 aromatic heterocycles. The molecule has 1 aliphatic rings. The average molecular weight is 817 g/mol. The third kappa shape index (κ3) is 10.1. The molecule has 0 radical (unpaired) electrons. The van der Waals surface area contributed by atoms with Crippen molar-refractivity contribution in [3.8, 4) is 11.1 Å². The van der Waals surface area contributed by atoms with E-state index in [1.807, 2.05) is 72.8 Å². The van der Waals surface area contributed by atoms with Gasteiger partial charge in [-0.1, -0.05) is 71.6 Å². The summed E-state index contributed by atoms with van der Waals surface area (Å²) in [5, 5.41) is 2.15. The zero-order valence-electron chi connectivity index (χ0n) is 31.1. The quantitative estimate of drug-likeness (QED) is 0.172. The fourth-order valence-electron chi connectivity index (χ4n) is 6.79. The van der Waals surface area contributed by atoms with Crippen molar-refractivity contribution in [1.82, 2.24) is 0 Å². The number of benzene rings is 5. The largest absolute Gasteiger partial charge is 1.00 e. The van der Waals surface area contributed by atoms with Gasteiger partial charge in [-0.3, -0.25) is 0 Å². The molecule has 0 fully saturated rings. The Morgan fingerprint density at radius 2 is 1.29 bits per heavy atom. The minimum atomic E-state index is -4.31. The maximum Gasteiger partial charge on any atom is -0.172 e. The standard InChI is InChI=1S/C23H29.C18H11F3.C5H5.2ClH.Zr/c1-14-9-16-11-17-10-15(2)21(23(6,7)8)13-19(17)18(16)12-20(14)22(3,4)5;19-18(20,21)16-9-3-5-13(12-16)11-15-8-4-7-14-6-1-2-10-17(14)15;1-2-4-5-3-1;;;/h9,12-13H,11H2,1-8H3;1-10,12H;1-5H;2*1H;/q-1;;-1;;;+2/p-2. The summed E-state index contributed by atoms with van der Waals surface area (Å²) in [6.07, 6.45) is -3.29. The van der Waals surface area contributed by atoms with Gasteiger partial charge in [0.1, 0.15) is 0 Å². The number of halogens is 5. The maximum absolute atomic E-state index is 12.9. The van der Waals surface area contributed by atoms with Crippen LogP contribution in [0.25, 0.3) is 21.9 Å². The molecule has 1 aliphatic carbocycles. The summed E-state index contributed by atoms with van der Waals surface area (Å²) in [5.74, 6) is 0. The number of alkyl halides is 3. The van der Waals surface area contributed by atoms with Crippen molar-refractivity contribution in [2.24, 2.45) is 0 Å². The predicted molar refractivity (Wildman–Crippen MR) is 201 cm³/mol. The topological polar surface area (TPSA) is 0 Å². The third-order valence-corrected chi connectivity index (χ3v) is 10.5. The zero-order valence-corrected chi connectivity index (χ0v) is 35.0. The van der Waals surface area contributed by atoms with Gasteiger partial charge in [0.2, 0.25) is 0 Å². The molecule has 0 amide bonds. The number of hydrogen-bond donors (Lipinski definition) is 0. The van der Waals surface area contributed by atoms with E-state index in [2.05, 4.69) is 79.7 Å². The Morgan fingerprint density at radius 1 is 0.692 bits per heavy atom. The van der Waals surface area contributed by atoms with E-state index >= 15 is 0 Å². The van der Waals surface area contributed by atoms with Gasteiger partial charge >= 0.3 is 141 Å². The fourth-order valence-corrected chi connectivity index (χ4v) is 7.71. The summed E-state index contributed by atoms with van der Waals surface area (Å²) in [5.41, 5.74) is 12.6. The molecule has 0 saturated carbocycles. The molecule has 270 valence electrons. The average Bonchev–Trinajstić information content (AvgIpc) is 3.74. The van der Waals surface area contributed by atoms with Gasteiger partial charge in [0.05, 0.1) is 0 Å².